The molecule has 26 heavy (non-hydrogen) atoms. The van der Waals surface area contributed by atoms with Crippen molar-refractivity contribution < 1.29 is 14.9 Å². The Balaban J connectivity index is 1.96. The summed E-state index contributed by atoms with van der Waals surface area (Å²) in [5, 5.41) is 21.8. The number of aliphatic hydroxyl groups excluding tert-OH is 2. The van der Waals surface area contributed by atoms with Gasteiger partial charge in [-0.15, -0.1) is 13.2 Å². The molecule has 0 aliphatic carbocycles. The van der Waals surface area contributed by atoms with Crippen molar-refractivity contribution in [2.45, 2.75) is 43.0 Å². The van der Waals surface area contributed by atoms with Crippen LogP contribution in [0.3, 0.4) is 0 Å². The first-order valence-electron chi connectivity index (χ1n) is 8.53. The standard InChI is InChI=1S/C16H26N5O3PS/c1-5-26-16-20-10-13(17)18-8-19-14(10)21(16)15-12(23)11(22)9(24-15)6-7-25(2,3)4/h8-9,11-12,15,22-23H,2,5-7H2,1,3-4H3,(H2,17,18,19)/t9-,11-,12-,15?/m1/s1. The Bertz CT molecular complexity index is 839. The number of aliphatic hydroxyl groups is 2. The van der Waals surface area contributed by atoms with Crippen LogP contribution in [0.15, 0.2) is 11.5 Å². The number of anilines is 1. The van der Waals surface area contributed by atoms with Gasteiger partial charge in [0.25, 0.3) is 0 Å². The first kappa shape index (κ1) is 19.6. The van der Waals surface area contributed by atoms with E-state index in [1.165, 1.54) is 18.1 Å². The minimum atomic E-state index is -1.24. The van der Waals surface area contributed by atoms with Crippen molar-refractivity contribution in [3.63, 3.8) is 0 Å². The first-order valence-corrected chi connectivity index (χ1v) is 12.6. The molecule has 4 atom stereocenters. The van der Waals surface area contributed by atoms with Crippen LogP contribution < -0.4 is 5.73 Å². The van der Waals surface area contributed by atoms with Gasteiger partial charge in [-0.1, -0.05) is 18.7 Å². The van der Waals surface area contributed by atoms with E-state index in [4.69, 9.17) is 10.5 Å². The molecule has 0 aromatic carbocycles. The van der Waals surface area contributed by atoms with E-state index in [-0.39, 0.29) is 5.82 Å². The van der Waals surface area contributed by atoms with Gasteiger partial charge in [-0.2, -0.15) is 0 Å². The van der Waals surface area contributed by atoms with Crippen molar-refractivity contribution in [2.24, 2.45) is 0 Å². The first-order chi connectivity index (χ1) is 12.2. The number of thioether (sulfide) groups is 1. The molecular weight excluding hydrogens is 373 g/mol. The van der Waals surface area contributed by atoms with Crippen LogP contribution in [0.4, 0.5) is 5.82 Å². The number of nitrogens with zero attached hydrogens (tertiary/aromatic N) is 4. The van der Waals surface area contributed by atoms with Crippen LogP contribution in [0.2, 0.25) is 0 Å². The molecule has 1 aliphatic rings. The van der Waals surface area contributed by atoms with Gasteiger partial charge in [0, 0.05) is 0 Å². The number of imidazole rings is 1. The van der Waals surface area contributed by atoms with Crippen molar-refractivity contribution in [3.8, 4) is 0 Å². The third-order valence-electron chi connectivity index (χ3n) is 4.36. The van der Waals surface area contributed by atoms with Gasteiger partial charge in [-0.05, 0) is 31.7 Å². The second-order valence-electron chi connectivity index (χ2n) is 7.12. The van der Waals surface area contributed by atoms with Gasteiger partial charge in [0.15, 0.2) is 28.4 Å². The highest BCUT2D eigenvalue weighted by atomic mass is 32.2. The SMILES string of the molecule is C=P(C)(C)CC[C@H]1OC(n2c(SCC)nc3c(N)ncnc32)[C@H](O)[C@@H]1O. The monoisotopic (exact) mass is 399 g/mol. The summed E-state index contributed by atoms with van der Waals surface area (Å²) in [5.41, 5.74) is 6.90. The Morgan fingerprint density at radius 3 is 2.73 bits per heavy atom. The summed E-state index contributed by atoms with van der Waals surface area (Å²) in [6.45, 7) is 5.04. The molecule has 3 rings (SSSR count). The Morgan fingerprint density at radius 2 is 2.08 bits per heavy atom. The molecule has 1 fully saturated rings. The lowest BCUT2D eigenvalue weighted by Crippen LogP contribution is -2.32. The molecule has 0 saturated carbocycles. The Kier molecular flexibility index (Phi) is 5.65. The molecule has 2 aromatic heterocycles. The minimum absolute atomic E-state index is 0.278. The van der Waals surface area contributed by atoms with Gasteiger partial charge in [0.2, 0.25) is 0 Å². The van der Waals surface area contributed by atoms with Crippen molar-refractivity contribution in [1.82, 2.24) is 19.5 Å². The molecule has 10 heteroatoms. The van der Waals surface area contributed by atoms with E-state index in [0.717, 1.165) is 11.9 Å². The van der Waals surface area contributed by atoms with E-state index in [2.05, 4.69) is 34.6 Å². The highest BCUT2D eigenvalue weighted by molar-refractivity contribution is 7.99. The molecular formula is C16H26N5O3PS. The number of nitrogen functional groups attached to an aromatic ring is 1. The summed E-state index contributed by atoms with van der Waals surface area (Å²) in [4.78, 5) is 12.8. The molecule has 0 amide bonds. The topological polar surface area (TPSA) is 119 Å². The van der Waals surface area contributed by atoms with Gasteiger partial charge in [-0.25, -0.2) is 15.0 Å². The molecule has 144 valence electrons. The number of aromatic nitrogens is 4. The fourth-order valence-corrected chi connectivity index (χ4v) is 4.72. The van der Waals surface area contributed by atoms with Crippen molar-refractivity contribution >= 4 is 41.9 Å². The predicted octanol–water partition coefficient (Wildman–Crippen LogP) is 1.24. The van der Waals surface area contributed by atoms with E-state index in [9.17, 15) is 10.2 Å². The molecule has 3 heterocycles. The summed E-state index contributed by atoms with van der Waals surface area (Å²) >= 11 is 1.50. The van der Waals surface area contributed by atoms with E-state index in [1.54, 1.807) is 4.57 Å². The maximum absolute atomic E-state index is 10.6. The Labute approximate surface area is 157 Å². The minimum Gasteiger partial charge on any atom is -0.388 e. The van der Waals surface area contributed by atoms with Gasteiger partial charge in [-0.3, -0.25) is 4.57 Å². The Morgan fingerprint density at radius 1 is 1.35 bits per heavy atom. The zero-order valence-corrected chi connectivity index (χ0v) is 17.0. The van der Waals surface area contributed by atoms with Gasteiger partial charge < -0.3 is 20.7 Å². The average Bonchev–Trinajstić information content (AvgIpc) is 3.05. The van der Waals surface area contributed by atoms with Crippen molar-refractivity contribution in [1.29, 1.82) is 0 Å². The highest BCUT2D eigenvalue weighted by Gasteiger charge is 2.45. The van der Waals surface area contributed by atoms with Crippen LogP contribution in [0.1, 0.15) is 19.6 Å². The van der Waals surface area contributed by atoms with Gasteiger partial charge in [0.05, 0.1) is 6.10 Å². The number of fused-ring (bicyclic) bond motifs is 1. The fraction of sp³-hybridized carbons (Fsp3) is 0.625. The highest BCUT2D eigenvalue weighted by Crippen LogP contribution is 2.41. The maximum Gasteiger partial charge on any atom is 0.172 e. The number of rotatable bonds is 6. The van der Waals surface area contributed by atoms with Crippen LogP contribution in [0.25, 0.3) is 11.2 Å². The van der Waals surface area contributed by atoms with Crippen LogP contribution in [-0.4, -0.2) is 79.6 Å². The largest absolute Gasteiger partial charge is 0.388 e. The molecule has 4 N–H and O–H groups in total. The van der Waals surface area contributed by atoms with Crippen LogP contribution in [0.5, 0.6) is 0 Å². The lowest BCUT2D eigenvalue weighted by atomic mass is 10.1. The van der Waals surface area contributed by atoms with E-state index < -0.39 is 31.4 Å². The molecule has 0 radical (unpaired) electrons. The quantitative estimate of drug-likeness (QED) is 0.490. The maximum atomic E-state index is 10.6. The summed E-state index contributed by atoms with van der Waals surface area (Å²) in [6.07, 6.45) is 3.83. The molecule has 2 aromatic rings. The van der Waals surface area contributed by atoms with Crippen molar-refractivity contribution in [3.05, 3.63) is 6.33 Å². The zero-order chi connectivity index (χ0) is 19.1. The van der Waals surface area contributed by atoms with E-state index in [0.29, 0.717) is 22.7 Å². The molecule has 1 saturated heterocycles. The summed E-state index contributed by atoms with van der Waals surface area (Å²) in [5.74, 6) is 1.06. The van der Waals surface area contributed by atoms with Gasteiger partial charge in [0.1, 0.15) is 18.5 Å². The van der Waals surface area contributed by atoms with E-state index in [1.807, 2.05) is 6.92 Å². The lowest BCUT2D eigenvalue weighted by Gasteiger charge is -2.19. The predicted molar refractivity (Wildman–Crippen MR) is 107 cm³/mol. The lowest BCUT2D eigenvalue weighted by molar-refractivity contribution is -0.0400. The average molecular weight is 399 g/mol. The molecule has 0 bridgehead atoms. The van der Waals surface area contributed by atoms with Crippen LogP contribution in [-0.2, 0) is 4.74 Å². The summed E-state index contributed by atoms with van der Waals surface area (Å²) in [7, 11) is 0. The van der Waals surface area contributed by atoms with Crippen LogP contribution >= 0.6 is 18.6 Å². The molecule has 1 unspecified atom stereocenters. The number of nitrogens with two attached hydrogens (primary N) is 1. The zero-order valence-electron chi connectivity index (χ0n) is 15.2. The number of ether oxygens (including phenoxy) is 1. The number of hydrogen-bond acceptors (Lipinski definition) is 8. The number of hydrogen-bond donors (Lipinski definition) is 3. The van der Waals surface area contributed by atoms with E-state index >= 15 is 0 Å². The summed E-state index contributed by atoms with van der Waals surface area (Å²) < 4.78 is 7.78. The van der Waals surface area contributed by atoms with Crippen molar-refractivity contribution in [2.75, 3.05) is 31.0 Å². The molecule has 0 spiro atoms. The second-order valence-corrected chi connectivity index (χ2v) is 12.7. The van der Waals surface area contributed by atoms with Crippen LogP contribution in [0, 0.1) is 0 Å². The summed E-state index contributed by atoms with van der Waals surface area (Å²) in [6, 6.07) is 0. The third-order valence-corrected chi connectivity index (χ3v) is 6.66. The Hall–Kier alpha value is -1.12. The molecule has 8 nitrogen and oxygen atoms in total. The van der Waals surface area contributed by atoms with Gasteiger partial charge >= 0.3 is 0 Å². The third kappa shape index (κ3) is 3.77. The molecule has 1 aliphatic heterocycles. The normalized spacial score (nSPS) is 26.7. The second kappa shape index (κ2) is 7.48. The smallest absolute Gasteiger partial charge is 0.172 e. The fourth-order valence-electron chi connectivity index (χ4n) is 3.02.